The van der Waals surface area contributed by atoms with Crippen LogP contribution in [0.5, 0.6) is 0 Å². The van der Waals surface area contributed by atoms with E-state index in [9.17, 15) is 8.42 Å². The number of furan rings is 1. The molecule has 1 aromatic rings. The second-order valence-corrected chi connectivity index (χ2v) is 5.53. The highest BCUT2D eigenvalue weighted by atomic mass is 32.2. The van der Waals surface area contributed by atoms with Gasteiger partial charge in [0.25, 0.3) is 0 Å². The van der Waals surface area contributed by atoms with Crippen molar-refractivity contribution in [3.05, 3.63) is 17.6 Å². The van der Waals surface area contributed by atoms with E-state index in [0.29, 0.717) is 13.2 Å². The van der Waals surface area contributed by atoms with Crippen molar-refractivity contribution in [2.75, 3.05) is 33.5 Å². The van der Waals surface area contributed by atoms with Gasteiger partial charge in [0.1, 0.15) is 23.0 Å². The summed E-state index contributed by atoms with van der Waals surface area (Å²) in [4.78, 5) is 0.0356. The first-order valence-electron chi connectivity index (χ1n) is 5.77. The molecule has 1 heterocycles. The van der Waals surface area contributed by atoms with Crippen LogP contribution in [0.4, 0.5) is 0 Å². The molecule has 2 N–H and O–H groups in total. The largest absolute Gasteiger partial charge is 0.462 e. The molecule has 7 nitrogen and oxygen atoms in total. The van der Waals surface area contributed by atoms with Gasteiger partial charge in [-0.3, -0.25) is 0 Å². The van der Waals surface area contributed by atoms with E-state index in [4.69, 9.17) is 19.0 Å². The summed E-state index contributed by atoms with van der Waals surface area (Å²) < 4.78 is 41.3. The minimum absolute atomic E-state index is 0.0356. The van der Waals surface area contributed by atoms with Crippen LogP contribution in [0.15, 0.2) is 15.4 Å². The lowest BCUT2D eigenvalue weighted by atomic mass is 10.4. The van der Waals surface area contributed by atoms with Crippen LogP contribution in [0.1, 0.15) is 11.5 Å². The molecule has 0 radical (unpaired) electrons. The van der Waals surface area contributed by atoms with Crippen molar-refractivity contribution in [2.24, 2.45) is 0 Å². The zero-order valence-corrected chi connectivity index (χ0v) is 11.8. The van der Waals surface area contributed by atoms with Gasteiger partial charge in [-0.05, 0) is 6.92 Å². The number of aliphatic hydroxyl groups excluding tert-OH is 1. The third kappa shape index (κ3) is 4.92. The summed E-state index contributed by atoms with van der Waals surface area (Å²) in [7, 11) is -2.08. The van der Waals surface area contributed by atoms with Crippen molar-refractivity contribution >= 4 is 10.0 Å². The zero-order chi connectivity index (χ0) is 14.3. The first kappa shape index (κ1) is 16.1. The maximum Gasteiger partial charge on any atom is 0.244 e. The van der Waals surface area contributed by atoms with Gasteiger partial charge in [0.15, 0.2) is 0 Å². The normalized spacial score (nSPS) is 11.9. The fourth-order valence-corrected chi connectivity index (χ4v) is 2.65. The van der Waals surface area contributed by atoms with Crippen molar-refractivity contribution in [3.8, 4) is 0 Å². The Morgan fingerprint density at radius 3 is 2.68 bits per heavy atom. The van der Waals surface area contributed by atoms with Crippen LogP contribution < -0.4 is 4.72 Å². The summed E-state index contributed by atoms with van der Waals surface area (Å²) in [6, 6.07) is 1.31. The molecule has 0 bridgehead atoms. The molecule has 0 aromatic carbocycles. The van der Waals surface area contributed by atoms with Crippen LogP contribution in [-0.2, 0) is 26.1 Å². The third-order valence-electron chi connectivity index (χ3n) is 2.34. The molecule has 110 valence electrons. The maximum atomic E-state index is 11.9. The standard InChI is InChI=1S/C11H19NO6S/c1-9-11(7-10(8-13)18-9)19(14,15)12-3-4-17-6-5-16-2/h7,12-13H,3-6,8H2,1-2H3. The number of hydrogen-bond donors (Lipinski definition) is 2. The van der Waals surface area contributed by atoms with Gasteiger partial charge in [-0.2, -0.15) is 0 Å². The van der Waals surface area contributed by atoms with Gasteiger partial charge >= 0.3 is 0 Å². The van der Waals surface area contributed by atoms with Gasteiger partial charge in [0, 0.05) is 19.7 Å². The molecule has 0 amide bonds. The highest BCUT2D eigenvalue weighted by Crippen LogP contribution is 2.19. The average molecular weight is 293 g/mol. The minimum Gasteiger partial charge on any atom is -0.462 e. The number of rotatable bonds is 9. The van der Waals surface area contributed by atoms with Gasteiger partial charge in [0.05, 0.1) is 19.8 Å². The van der Waals surface area contributed by atoms with Crippen molar-refractivity contribution in [1.29, 1.82) is 0 Å². The number of methoxy groups -OCH3 is 1. The molecule has 0 atom stereocenters. The Morgan fingerprint density at radius 2 is 2.11 bits per heavy atom. The molecule has 0 aliphatic carbocycles. The topological polar surface area (TPSA) is 98.0 Å². The van der Waals surface area contributed by atoms with E-state index in [1.807, 2.05) is 0 Å². The van der Waals surface area contributed by atoms with E-state index >= 15 is 0 Å². The molecule has 0 fully saturated rings. The third-order valence-corrected chi connectivity index (χ3v) is 3.91. The molecular weight excluding hydrogens is 274 g/mol. The molecule has 0 saturated carbocycles. The molecule has 0 aliphatic heterocycles. The Hall–Kier alpha value is -0.930. The number of sulfonamides is 1. The van der Waals surface area contributed by atoms with Crippen LogP contribution in [-0.4, -0.2) is 47.0 Å². The van der Waals surface area contributed by atoms with Crippen LogP contribution in [0.2, 0.25) is 0 Å². The van der Waals surface area contributed by atoms with E-state index in [0.717, 1.165) is 0 Å². The van der Waals surface area contributed by atoms with Crippen LogP contribution >= 0.6 is 0 Å². The molecule has 8 heteroatoms. The fraction of sp³-hybridized carbons (Fsp3) is 0.636. The predicted octanol–water partition coefficient (Wildman–Crippen LogP) is 0.0216. The molecule has 0 spiro atoms. The van der Waals surface area contributed by atoms with Gasteiger partial charge < -0.3 is 19.0 Å². The molecular formula is C11H19NO6S. The summed E-state index contributed by atoms with van der Waals surface area (Å²) in [6.45, 7) is 2.49. The number of nitrogens with one attached hydrogen (secondary N) is 1. The lowest BCUT2D eigenvalue weighted by Crippen LogP contribution is -2.28. The Bertz CT molecular complexity index is 481. The lowest BCUT2D eigenvalue weighted by Gasteiger charge is -2.06. The first-order chi connectivity index (χ1) is 9.01. The van der Waals surface area contributed by atoms with Crippen LogP contribution in [0.3, 0.4) is 0 Å². The SMILES string of the molecule is COCCOCCNS(=O)(=O)c1cc(CO)oc1C. The second kappa shape index (κ2) is 7.61. The van der Waals surface area contributed by atoms with Gasteiger partial charge in [-0.1, -0.05) is 0 Å². The summed E-state index contributed by atoms with van der Waals surface area (Å²) in [5, 5.41) is 8.90. The molecule has 0 aliphatic rings. The van der Waals surface area contributed by atoms with E-state index in [2.05, 4.69) is 4.72 Å². The number of hydrogen-bond acceptors (Lipinski definition) is 6. The molecule has 19 heavy (non-hydrogen) atoms. The summed E-state index contributed by atoms with van der Waals surface area (Å²) in [6.07, 6.45) is 0. The average Bonchev–Trinajstić information content (AvgIpc) is 2.76. The molecule has 0 unspecified atom stereocenters. The predicted molar refractivity (Wildman–Crippen MR) is 67.3 cm³/mol. The summed E-state index contributed by atoms with van der Waals surface area (Å²) in [5.74, 6) is 0.464. The lowest BCUT2D eigenvalue weighted by molar-refractivity contribution is 0.0736. The smallest absolute Gasteiger partial charge is 0.244 e. The second-order valence-electron chi connectivity index (χ2n) is 3.79. The Balaban J connectivity index is 2.49. The molecule has 1 rings (SSSR count). The van der Waals surface area contributed by atoms with Crippen molar-refractivity contribution < 1.29 is 27.4 Å². The molecule has 1 aromatic heterocycles. The minimum atomic E-state index is -3.64. The summed E-state index contributed by atoms with van der Waals surface area (Å²) >= 11 is 0. The van der Waals surface area contributed by atoms with Crippen molar-refractivity contribution in [1.82, 2.24) is 4.72 Å². The quantitative estimate of drug-likeness (QED) is 0.623. The van der Waals surface area contributed by atoms with E-state index in [1.165, 1.54) is 13.0 Å². The monoisotopic (exact) mass is 293 g/mol. The van der Waals surface area contributed by atoms with E-state index in [-0.39, 0.29) is 36.2 Å². The molecule has 0 saturated heterocycles. The fourth-order valence-electron chi connectivity index (χ4n) is 1.44. The maximum absolute atomic E-state index is 11.9. The number of ether oxygens (including phenoxy) is 2. The first-order valence-corrected chi connectivity index (χ1v) is 7.26. The summed E-state index contributed by atoms with van der Waals surface area (Å²) in [5.41, 5.74) is 0. The van der Waals surface area contributed by atoms with Gasteiger partial charge in [-0.25, -0.2) is 13.1 Å². The highest BCUT2D eigenvalue weighted by Gasteiger charge is 2.20. The number of aliphatic hydroxyl groups is 1. The van der Waals surface area contributed by atoms with E-state index in [1.54, 1.807) is 7.11 Å². The Kier molecular flexibility index (Phi) is 6.46. The number of aryl methyl sites for hydroxylation is 1. The highest BCUT2D eigenvalue weighted by molar-refractivity contribution is 7.89. The van der Waals surface area contributed by atoms with Crippen LogP contribution in [0.25, 0.3) is 0 Å². The van der Waals surface area contributed by atoms with Crippen molar-refractivity contribution in [3.63, 3.8) is 0 Å². The zero-order valence-electron chi connectivity index (χ0n) is 11.0. The van der Waals surface area contributed by atoms with Crippen molar-refractivity contribution in [2.45, 2.75) is 18.4 Å². The van der Waals surface area contributed by atoms with E-state index < -0.39 is 10.0 Å². The van der Waals surface area contributed by atoms with Gasteiger partial charge in [-0.15, -0.1) is 0 Å². The Morgan fingerprint density at radius 1 is 1.37 bits per heavy atom. The Labute approximate surface area is 112 Å². The van der Waals surface area contributed by atoms with Gasteiger partial charge in [0.2, 0.25) is 10.0 Å². The van der Waals surface area contributed by atoms with Crippen LogP contribution in [0, 0.1) is 6.92 Å².